The predicted molar refractivity (Wildman–Crippen MR) is 110 cm³/mol. The van der Waals surface area contributed by atoms with E-state index in [0.29, 0.717) is 22.2 Å². The van der Waals surface area contributed by atoms with Crippen molar-refractivity contribution in [3.63, 3.8) is 0 Å². The first kappa shape index (κ1) is 21.3. The molecule has 8 nitrogen and oxygen atoms in total. The zero-order valence-corrected chi connectivity index (χ0v) is 18.1. The molecule has 0 saturated carbocycles. The third-order valence-electron chi connectivity index (χ3n) is 5.11. The zero-order valence-electron chi connectivity index (χ0n) is 17.2. The average molecular weight is 449 g/mol. The van der Waals surface area contributed by atoms with Gasteiger partial charge in [0, 0.05) is 10.6 Å². The molecular weight excluding hydrogens is 428 g/mol. The van der Waals surface area contributed by atoms with E-state index in [9.17, 15) is 18.4 Å². The topological polar surface area (TPSA) is 98.5 Å². The largest absolute Gasteiger partial charge is 0.462 e. The van der Waals surface area contributed by atoms with Crippen LogP contribution in [0.5, 0.6) is 0 Å². The molecule has 31 heavy (non-hydrogen) atoms. The number of thiophene rings is 1. The van der Waals surface area contributed by atoms with Crippen molar-refractivity contribution in [3.8, 4) is 0 Å². The molecule has 3 aromatic rings. The third-order valence-corrected chi connectivity index (χ3v) is 6.28. The fourth-order valence-corrected chi connectivity index (χ4v) is 5.08. The SMILES string of the molecule is CCOC(=O)c1c(NC(=O)c2nc3nc(C)cc(C(F)F)n3n2)sc2c1CCC(C)C2. The molecular formula is C20H21F2N5O3S. The second-order valence-electron chi connectivity index (χ2n) is 7.50. The number of hydrogen-bond acceptors (Lipinski definition) is 7. The van der Waals surface area contributed by atoms with Gasteiger partial charge in [0.15, 0.2) is 0 Å². The van der Waals surface area contributed by atoms with E-state index in [4.69, 9.17) is 4.74 Å². The summed E-state index contributed by atoms with van der Waals surface area (Å²) in [6.07, 6.45) is -0.317. The number of fused-ring (bicyclic) bond motifs is 2. The van der Waals surface area contributed by atoms with E-state index in [1.807, 2.05) is 0 Å². The highest BCUT2D eigenvalue weighted by atomic mass is 32.1. The van der Waals surface area contributed by atoms with Gasteiger partial charge in [-0.05, 0) is 50.7 Å². The second kappa shape index (κ2) is 8.29. The molecule has 1 unspecified atom stereocenters. The van der Waals surface area contributed by atoms with E-state index >= 15 is 0 Å². The number of ether oxygens (including phenoxy) is 1. The van der Waals surface area contributed by atoms with Crippen LogP contribution < -0.4 is 5.32 Å². The van der Waals surface area contributed by atoms with Crippen LogP contribution in [0.3, 0.4) is 0 Å². The van der Waals surface area contributed by atoms with Crippen molar-refractivity contribution in [2.24, 2.45) is 5.92 Å². The van der Waals surface area contributed by atoms with Gasteiger partial charge in [-0.3, -0.25) is 4.79 Å². The van der Waals surface area contributed by atoms with Crippen molar-refractivity contribution < 1.29 is 23.1 Å². The smallest absolute Gasteiger partial charge is 0.341 e. The van der Waals surface area contributed by atoms with Crippen LogP contribution in [0.25, 0.3) is 5.78 Å². The van der Waals surface area contributed by atoms with Crippen LogP contribution in [-0.2, 0) is 17.6 Å². The van der Waals surface area contributed by atoms with Crippen LogP contribution >= 0.6 is 11.3 Å². The molecule has 11 heteroatoms. The lowest BCUT2D eigenvalue weighted by Crippen LogP contribution is -2.17. The minimum Gasteiger partial charge on any atom is -0.462 e. The summed E-state index contributed by atoms with van der Waals surface area (Å²) in [4.78, 5) is 34.6. The first-order chi connectivity index (χ1) is 14.8. The Balaban J connectivity index is 1.70. The number of halogens is 2. The standard InChI is InChI=1S/C20H21F2N5O3S/c1-4-30-19(29)14-11-6-5-9(2)7-13(11)31-18(14)25-17(28)16-24-20-23-10(3)8-12(15(21)22)27(20)26-16/h8-9,15H,4-7H2,1-3H3,(H,25,28). The molecule has 3 heterocycles. The normalized spacial score (nSPS) is 15.9. The Labute approximate surface area is 180 Å². The van der Waals surface area contributed by atoms with Gasteiger partial charge in [-0.1, -0.05) is 6.92 Å². The number of amides is 1. The van der Waals surface area contributed by atoms with Gasteiger partial charge in [0.2, 0.25) is 5.82 Å². The molecule has 1 atom stereocenters. The average Bonchev–Trinajstić information content (AvgIpc) is 3.27. The number of anilines is 1. The molecule has 1 aliphatic rings. The van der Waals surface area contributed by atoms with Gasteiger partial charge in [-0.15, -0.1) is 16.4 Å². The summed E-state index contributed by atoms with van der Waals surface area (Å²) in [7, 11) is 0. The Hall–Kier alpha value is -2.95. The van der Waals surface area contributed by atoms with E-state index < -0.39 is 24.0 Å². The monoisotopic (exact) mass is 449 g/mol. The van der Waals surface area contributed by atoms with Crippen LogP contribution in [-0.4, -0.2) is 38.1 Å². The number of alkyl halides is 2. The molecule has 0 bridgehead atoms. The van der Waals surface area contributed by atoms with E-state index in [-0.39, 0.29) is 18.2 Å². The molecule has 0 aliphatic heterocycles. The number of hydrogen-bond donors (Lipinski definition) is 1. The number of nitrogens with one attached hydrogen (secondary N) is 1. The van der Waals surface area contributed by atoms with Gasteiger partial charge in [0.1, 0.15) is 10.7 Å². The third kappa shape index (κ3) is 4.01. The highest BCUT2D eigenvalue weighted by molar-refractivity contribution is 7.17. The van der Waals surface area contributed by atoms with Crippen molar-refractivity contribution in [2.45, 2.75) is 46.5 Å². The van der Waals surface area contributed by atoms with Crippen LogP contribution in [0, 0.1) is 12.8 Å². The number of rotatable bonds is 5. The molecule has 1 N–H and O–H groups in total. The zero-order chi connectivity index (χ0) is 22.3. The predicted octanol–water partition coefficient (Wildman–Crippen LogP) is 3.99. The maximum atomic E-state index is 13.3. The van der Waals surface area contributed by atoms with Crippen molar-refractivity contribution in [3.05, 3.63) is 39.3 Å². The van der Waals surface area contributed by atoms with E-state index in [2.05, 4.69) is 27.3 Å². The Bertz CT molecular complexity index is 1170. The van der Waals surface area contributed by atoms with Gasteiger partial charge in [-0.25, -0.2) is 18.6 Å². The second-order valence-corrected chi connectivity index (χ2v) is 8.61. The molecule has 0 spiro atoms. The Morgan fingerprint density at radius 2 is 2.16 bits per heavy atom. The van der Waals surface area contributed by atoms with Gasteiger partial charge >= 0.3 is 5.97 Å². The summed E-state index contributed by atoms with van der Waals surface area (Å²) in [5.41, 5.74) is 1.19. The quantitative estimate of drug-likeness (QED) is 0.592. The van der Waals surface area contributed by atoms with Gasteiger partial charge in [0.05, 0.1) is 12.2 Å². The fraction of sp³-hybridized carbons (Fsp3) is 0.450. The summed E-state index contributed by atoms with van der Waals surface area (Å²) in [6.45, 7) is 5.63. The first-order valence-electron chi connectivity index (χ1n) is 9.94. The summed E-state index contributed by atoms with van der Waals surface area (Å²) in [5.74, 6) is -1.13. The maximum Gasteiger partial charge on any atom is 0.341 e. The number of carbonyl (C=O) groups excluding carboxylic acids is 2. The first-order valence-corrected chi connectivity index (χ1v) is 10.8. The molecule has 1 amide bonds. The molecule has 4 rings (SSSR count). The lowest BCUT2D eigenvalue weighted by Gasteiger charge is -2.18. The highest BCUT2D eigenvalue weighted by Gasteiger charge is 2.30. The highest BCUT2D eigenvalue weighted by Crippen LogP contribution is 2.40. The molecule has 164 valence electrons. The van der Waals surface area contributed by atoms with Crippen molar-refractivity contribution >= 4 is 34.0 Å². The number of esters is 1. The molecule has 0 aromatic carbocycles. The Morgan fingerprint density at radius 3 is 2.87 bits per heavy atom. The van der Waals surface area contributed by atoms with E-state index in [1.54, 1.807) is 13.8 Å². The molecule has 0 saturated heterocycles. The van der Waals surface area contributed by atoms with Gasteiger partial charge in [0.25, 0.3) is 18.1 Å². The van der Waals surface area contributed by atoms with E-state index in [1.165, 1.54) is 17.4 Å². The van der Waals surface area contributed by atoms with Crippen LogP contribution in [0.4, 0.5) is 13.8 Å². The number of aryl methyl sites for hydroxylation is 1. The van der Waals surface area contributed by atoms with Gasteiger partial charge in [-0.2, -0.15) is 9.50 Å². The number of aromatic nitrogens is 4. The summed E-state index contributed by atoms with van der Waals surface area (Å²) in [5, 5.41) is 6.96. The van der Waals surface area contributed by atoms with Crippen molar-refractivity contribution in [2.75, 3.05) is 11.9 Å². The number of nitrogens with zero attached hydrogens (tertiary/aromatic N) is 4. The lowest BCUT2D eigenvalue weighted by molar-refractivity contribution is 0.0526. The summed E-state index contributed by atoms with van der Waals surface area (Å²) >= 11 is 1.33. The number of carbonyl (C=O) groups is 2. The van der Waals surface area contributed by atoms with Crippen molar-refractivity contribution in [1.82, 2.24) is 19.6 Å². The Morgan fingerprint density at radius 1 is 1.39 bits per heavy atom. The molecule has 1 aliphatic carbocycles. The van der Waals surface area contributed by atoms with E-state index in [0.717, 1.165) is 34.2 Å². The molecule has 0 radical (unpaired) electrons. The van der Waals surface area contributed by atoms with Crippen LogP contribution in [0.1, 0.15) is 69.5 Å². The van der Waals surface area contributed by atoms with Crippen LogP contribution in [0.15, 0.2) is 6.07 Å². The van der Waals surface area contributed by atoms with Crippen LogP contribution in [0.2, 0.25) is 0 Å². The fourth-order valence-electron chi connectivity index (χ4n) is 3.68. The minimum atomic E-state index is -2.80. The van der Waals surface area contributed by atoms with Gasteiger partial charge < -0.3 is 10.1 Å². The summed E-state index contributed by atoms with van der Waals surface area (Å²) < 4.78 is 32.7. The minimum absolute atomic E-state index is 0.0923. The van der Waals surface area contributed by atoms with Crippen molar-refractivity contribution in [1.29, 1.82) is 0 Å². The molecule has 3 aromatic heterocycles. The lowest BCUT2D eigenvalue weighted by atomic mass is 9.88. The maximum absolute atomic E-state index is 13.3. The Kier molecular flexibility index (Phi) is 5.69. The summed E-state index contributed by atoms with van der Waals surface area (Å²) in [6, 6.07) is 1.20. The molecule has 0 fully saturated rings.